The second-order valence-corrected chi connectivity index (χ2v) is 5.73. The molecular weight excluding hydrogens is 210 g/mol. The second-order valence-electron chi connectivity index (χ2n) is 5.73. The highest BCUT2D eigenvalue weighted by Gasteiger charge is 2.42. The lowest BCUT2D eigenvalue weighted by atomic mass is 9.89. The fourth-order valence-electron chi connectivity index (χ4n) is 3.10. The largest absolute Gasteiger partial charge is 0.367 e. The number of hydrogen-bond acceptors (Lipinski definition) is 2. The van der Waals surface area contributed by atoms with Gasteiger partial charge in [-0.25, -0.2) is 0 Å². The smallest absolute Gasteiger partial charge is 0.103 e. The van der Waals surface area contributed by atoms with E-state index in [9.17, 15) is 0 Å². The summed E-state index contributed by atoms with van der Waals surface area (Å²) < 4.78 is 6.23. The number of ether oxygens (including phenoxy) is 1. The third-order valence-corrected chi connectivity index (χ3v) is 4.41. The van der Waals surface area contributed by atoms with Gasteiger partial charge in [0.2, 0.25) is 0 Å². The number of rotatable bonds is 1. The molecule has 2 heteroatoms. The van der Waals surface area contributed by atoms with Crippen molar-refractivity contribution in [1.29, 1.82) is 0 Å². The van der Waals surface area contributed by atoms with E-state index in [1.54, 1.807) is 0 Å². The van der Waals surface area contributed by atoms with Gasteiger partial charge in [-0.1, -0.05) is 43.2 Å². The molecule has 0 aromatic heterocycles. The SMILES string of the molecule is CC1(c2ccccc2)CNC2(CCCC2)CO1. The molecule has 1 aliphatic heterocycles. The molecule has 1 saturated heterocycles. The van der Waals surface area contributed by atoms with Crippen LogP contribution in [-0.4, -0.2) is 18.7 Å². The van der Waals surface area contributed by atoms with Gasteiger partial charge in [0.1, 0.15) is 5.60 Å². The minimum Gasteiger partial charge on any atom is -0.367 e. The Morgan fingerprint density at radius 2 is 1.82 bits per heavy atom. The van der Waals surface area contributed by atoms with Crippen LogP contribution in [0, 0.1) is 0 Å². The van der Waals surface area contributed by atoms with Crippen LogP contribution in [0.2, 0.25) is 0 Å². The molecule has 0 amide bonds. The molecule has 2 fully saturated rings. The Bertz CT molecular complexity index is 371. The van der Waals surface area contributed by atoms with Crippen molar-refractivity contribution in [2.24, 2.45) is 0 Å². The lowest BCUT2D eigenvalue weighted by Crippen LogP contribution is -2.58. The van der Waals surface area contributed by atoms with Crippen LogP contribution < -0.4 is 5.32 Å². The molecule has 3 rings (SSSR count). The Balaban J connectivity index is 1.75. The van der Waals surface area contributed by atoms with E-state index in [0.29, 0.717) is 0 Å². The summed E-state index contributed by atoms with van der Waals surface area (Å²) in [6, 6.07) is 10.6. The molecule has 1 N–H and O–H groups in total. The molecule has 2 aliphatic rings. The zero-order chi connectivity index (χ0) is 11.8. The van der Waals surface area contributed by atoms with Gasteiger partial charge < -0.3 is 10.1 Å². The molecule has 92 valence electrons. The van der Waals surface area contributed by atoms with Crippen molar-refractivity contribution in [3.05, 3.63) is 35.9 Å². The maximum Gasteiger partial charge on any atom is 0.103 e. The summed E-state index contributed by atoms with van der Waals surface area (Å²) in [4.78, 5) is 0. The van der Waals surface area contributed by atoms with Crippen LogP contribution in [0.4, 0.5) is 0 Å². The summed E-state index contributed by atoms with van der Waals surface area (Å²) in [5.41, 5.74) is 1.41. The highest BCUT2D eigenvalue weighted by atomic mass is 16.5. The molecule has 17 heavy (non-hydrogen) atoms. The van der Waals surface area contributed by atoms with Gasteiger partial charge in [-0.3, -0.25) is 0 Å². The molecule has 0 radical (unpaired) electrons. The third-order valence-electron chi connectivity index (χ3n) is 4.41. The Labute approximate surface area is 103 Å². The van der Waals surface area contributed by atoms with Crippen LogP contribution in [0.5, 0.6) is 0 Å². The van der Waals surface area contributed by atoms with Gasteiger partial charge in [-0.2, -0.15) is 0 Å². The summed E-state index contributed by atoms with van der Waals surface area (Å²) in [6.45, 7) is 3.98. The summed E-state index contributed by atoms with van der Waals surface area (Å²) in [7, 11) is 0. The number of hydrogen-bond donors (Lipinski definition) is 1. The fraction of sp³-hybridized carbons (Fsp3) is 0.600. The monoisotopic (exact) mass is 231 g/mol. The third kappa shape index (κ3) is 2.00. The van der Waals surface area contributed by atoms with Gasteiger partial charge in [0.05, 0.1) is 6.61 Å². The summed E-state index contributed by atoms with van der Waals surface area (Å²) in [5, 5.41) is 3.76. The standard InChI is InChI=1S/C15H21NO/c1-14(13-7-3-2-4-8-13)11-16-15(12-17-14)9-5-6-10-15/h2-4,7-8,16H,5-6,9-12H2,1H3. The van der Waals surface area contributed by atoms with Crippen molar-refractivity contribution < 1.29 is 4.74 Å². The first-order valence-electron chi connectivity index (χ1n) is 6.67. The summed E-state index contributed by atoms with van der Waals surface area (Å²) in [5.74, 6) is 0. The van der Waals surface area contributed by atoms with Crippen LogP contribution >= 0.6 is 0 Å². The highest BCUT2D eigenvalue weighted by molar-refractivity contribution is 5.23. The predicted octanol–water partition coefficient (Wildman–Crippen LogP) is 2.83. The van der Waals surface area contributed by atoms with Crippen molar-refractivity contribution >= 4 is 0 Å². The van der Waals surface area contributed by atoms with Crippen molar-refractivity contribution in [2.45, 2.75) is 43.7 Å². The van der Waals surface area contributed by atoms with E-state index >= 15 is 0 Å². The Morgan fingerprint density at radius 1 is 1.12 bits per heavy atom. The van der Waals surface area contributed by atoms with Crippen molar-refractivity contribution in [1.82, 2.24) is 5.32 Å². The first kappa shape index (κ1) is 11.2. The maximum atomic E-state index is 6.23. The van der Waals surface area contributed by atoms with E-state index in [1.165, 1.54) is 31.2 Å². The molecule has 1 aliphatic carbocycles. The van der Waals surface area contributed by atoms with Crippen LogP contribution in [-0.2, 0) is 10.3 Å². The van der Waals surface area contributed by atoms with E-state index in [1.807, 2.05) is 0 Å². The quantitative estimate of drug-likeness (QED) is 0.802. The van der Waals surface area contributed by atoms with Crippen LogP contribution in [0.3, 0.4) is 0 Å². The van der Waals surface area contributed by atoms with Crippen molar-refractivity contribution in [3.8, 4) is 0 Å². The van der Waals surface area contributed by atoms with E-state index in [2.05, 4.69) is 42.6 Å². The number of morpholine rings is 1. The molecule has 0 bridgehead atoms. The van der Waals surface area contributed by atoms with E-state index < -0.39 is 0 Å². The zero-order valence-electron chi connectivity index (χ0n) is 10.5. The summed E-state index contributed by atoms with van der Waals surface area (Å²) in [6.07, 6.45) is 5.24. The Morgan fingerprint density at radius 3 is 2.41 bits per heavy atom. The van der Waals surface area contributed by atoms with Gasteiger partial charge in [0.25, 0.3) is 0 Å². The molecule has 1 atom stereocenters. The first-order chi connectivity index (χ1) is 8.23. The molecule has 2 nitrogen and oxygen atoms in total. The fourth-order valence-corrected chi connectivity index (χ4v) is 3.10. The first-order valence-corrected chi connectivity index (χ1v) is 6.67. The molecule has 1 unspecified atom stereocenters. The lowest BCUT2D eigenvalue weighted by molar-refractivity contribution is -0.102. The Hall–Kier alpha value is -0.860. The Kier molecular flexibility index (Phi) is 2.72. The van der Waals surface area contributed by atoms with Crippen molar-refractivity contribution in [2.75, 3.05) is 13.2 Å². The zero-order valence-corrected chi connectivity index (χ0v) is 10.5. The van der Waals surface area contributed by atoms with Gasteiger partial charge in [0, 0.05) is 12.1 Å². The number of nitrogens with one attached hydrogen (secondary N) is 1. The molecule has 1 aromatic carbocycles. The summed E-state index contributed by atoms with van der Waals surface area (Å²) >= 11 is 0. The van der Waals surface area contributed by atoms with Gasteiger partial charge in [-0.05, 0) is 25.3 Å². The van der Waals surface area contributed by atoms with E-state index in [0.717, 1.165) is 13.2 Å². The van der Waals surface area contributed by atoms with Crippen molar-refractivity contribution in [3.63, 3.8) is 0 Å². The maximum absolute atomic E-state index is 6.23. The topological polar surface area (TPSA) is 21.3 Å². The van der Waals surface area contributed by atoms with E-state index in [-0.39, 0.29) is 11.1 Å². The van der Waals surface area contributed by atoms with Crippen LogP contribution in [0.15, 0.2) is 30.3 Å². The van der Waals surface area contributed by atoms with Crippen LogP contribution in [0.25, 0.3) is 0 Å². The van der Waals surface area contributed by atoms with Gasteiger partial charge in [-0.15, -0.1) is 0 Å². The minimum absolute atomic E-state index is 0.158. The molecule has 1 spiro atoms. The molecular formula is C15H21NO. The molecule has 1 aromatic rings. The van der Waals surface area contributed by atoms with Crippen LogP contribution in [0.1, 0.15) is 38.2 Å². The van der Waals surface area contributed by atoms with Gasteiger partial charge in [0.15, 0.2) is 0 Å². The van der Waals surface area contributed by atoms with E-state index in [4.69, 9.17) is 4.74 Å². The normalized spacial score (nSPS) is 31.8. The lowest BCUT2D eigenvalue weighted by Gasteiger charge is -2.44. The highest BCUT2D eigenvalue weighted by Crippen LogP contribution is 2.37. The molecule has 1 heterocycles. The average molecular weight is 231 g/mol. The second kappa shape index (κ2) is 4.11. The number of benzene rings is 1. The average Bonchev–Trinajstić information content (AvgIpc) is 2.84. The molecule has 1 saturated carbocycles. The van der Waals surface area contributed by atoms with Gasteiger partial charge >= 0.3 is 0 Å². The minimum atomic E-state index is -0.158. The predicted molar refractivity (Wildman–Crippen MR) is 68.9 cm³/mol.